The number of rotatable bonds is 7. The molecule has 0 aliphatic carbocycles. The number of benzene rings is 1. The number of carbonyl (C=O) groups is 1. The summed E-state index contributed by atoms with van der Waals surface area (Å²) in [6.07, 6.45) is 0.347. The van der Waals surface area contributed by atoms with E-state index in [-0.39, 0.29) is 11.9 Å². The maximum absolute atomic E-state index is 11.5. The lowest BCUT2D eigenvalue weighted by molar-refractivity contribution is -0.121. The molecule has 1 aromatic rings. The number of nitrogens with two attached hydrogens (primary N) is 1. The van der Waals surface area contributed by atoms with E-state index in [4.69, 9.17) is 10.5 Å². The van der Waals surface area contributed by atoms with Crippen molar-refractivity contribution in [3.8, 4) is 5.75 Å². The first-order chi connectivity index (χ1) is 8.59. The minimum absolute atomic E-state index is 0.00370. The molecule has 1 amide bonds. The minimum Gasteiger partial charge on any atom is -0.493 e. The molecule has 0 aliphatic heterocycles. The SMILES string of the molecule is CC(C)C(N)CNC(=O)CCOc1ccccc1. The molecular weight excluding hydrogens is 228 g/mol. The van der Waals surface area contributed by atoms with Gasteiger partial charge >= 0.3 is 0 Å². The summed E-state index contributed by atoms with van der Waals surface area (Å²) >= 11 is 0. The molecule has 0 saturated carbocycles. The van der Waals surface area contributed by atoms with E-state index in [1.54, 1.807) is 0 Å². The van der Waals surface area contributed by atoms with Crippen LogP contribution in [0.5, 0.6) is 5.75 Å². The standard InChI is InChI=1S/C14H22N2O2/c1-11(2)13(15)10-16-14(17)8-9-18-12-6-4-3-5-7-12/h3-7,11,13H,8-10,15H2,1-2H3,(H,16,17). The Kier molecular flexibility index (Phi) is 6.22. The Morgan fingerprint density at radius 3 is 2.61 bits per heavy atom. The van der Waals surface area contributed by atoms with Gasteiger partial charge in [-0.3, -0.25) is 4.79 Å². The summed E-state index contributed by atoms with van der Waals surface area (Å²) in [6, 6.07) is 9.46. The van der Waals surface area contributed by atoms with Gasteiger partial charge in [0.25, 0.3) is 0 Å². The highest BCUT2D eigenvalue weighted by Gasteiger charge is 2.09. The van der Waals surface area contributed by atoms with E-state index in [0.717, 1.165) is 5.75 Å². The quantitative estimate of drug-likeness (QED) is 0.771. The molecule has 0 bridgehead atoms. The smallest absolute Gasteiger partial charge is 0.223 e. The fourth-order valence-corrected chi connectivity index (χ4v) is 1.33. The molecule has 1 atom stereocenters. The Balaban J connectivity index is 2.14. The van der Waals surface area contributed by atoms with Crippen LogP contribution < -0.4 is 15.8 Å². The number of hydrogen-bond acceptors (Lipinski definition) is 3. The van der Waals surface area contributed by atoms with Crippen molar-refractivity contribution >= 4 is 5.91 Å². The van der Waals surface area contributed by atoms with E-state index in [2.05, 4.69) is 5.32 Å². The van der Waals surface area contributed by atoms with Crippen molar-refractivity contribution in [2.45, 2.75) is 26.3 Å². The summed E-state index contributed by atoms with van der Waals surface area (Å²) in [7, 11) is 0. The van der Waals surface area contributed by atoms with Gasteiger partial charge in [0.1, 0.15) is 5.75 Å². The van der Waals surface area contributed by atoms with Gasteiger partial charge in [0.15, 0.2) is 0 Å². The number of amides is 1. The monoisotopic (exact) mass is 250 g/mol. The van der Waals surface area contributed by atoms with Crippen LogP contribution in [0.4, 0.5) is 0 Å². The Labute approximate surface area is 109 Å². The van der Waals surface area contributed by atoms with Gasteiger partial charge in [0.2, 0.25) is 5.91 Å². The third-order valence-electron chi connectivity index (χ3n) is 2.73. The fraction of sp³-hybridized carbons (Fsp3) is 0.500. The lowest BCUT2D eigenvalue weighted by Gasteiger charge is -2.16. The van der Waals surface area contributed by atoms with Gasteiger partial charge in [-0.25, -0.2) is 0 Å². The van der Waals surface area contributed by atoms with Crippen molar-refractivity contribution in [3.05, 3.63) is 30.3 Å². The van der Waals surface area contributed by atoms with Crippen molar-refractivity contribution in [1.82, 2.24) is 5.32 Å². The molecule has 4 nitrogen and oxygen atoms in total. The van der Waals surface area contributed by atoms with Crippen molar-refractivity contribution in [1.29, 1.82) is 0 Å². The second-order valence-corrected chi connectivity index (χ2v) is 4.62. The van der Waals surface area contributed by atoms with Gasteiger partial charge in [0.05, 0.1) is 13.0 Å². The number of para-hydroxylation sites is 1. The van der Waals surface area contributed by atoms with Crippen LogP contribution in [-0.2, 0) is 4.79 Å². The van der Waals surface area contributed by atoms with Gasteiger partial charge in [-0.2, -0.15) is 0 Å². The Morgan fingerprint density at radius 2 is 2.00 bits per heavy atom. The second kappa shape index (κ2) is 7.71. The molecule has 1 aromatic carbocycles. The summed E-state index contributed by atoms with van der Waals surface area (Å²) in [5, 5.41) is 2.81. The normalized spacial score (nSPS) is 12.2. The highest BCUT2D eigenvalue weighted by Crippen LogP contribution is 2.08. The lowest BCUT2D eigenvalue weighted by atomic mass is 10.1. The van der Waals surface area contributed by atoms with Crippen LogP contribution in [0.2, 0.25) is 0 Å². The van der Waals surface area contributed by atoms with Crippen molar-refractivity contribution < 1.29 is 9.53 Å². The van der Waals surface area contributed by atoms with E-state index in [1.807, 2.05) is 44.2 Å². The minimum atomic E-state index is -0.0259. The van der Waals surface area contributed by atoms with Crippen LogP contribution >= 0.6 is 0 Å². The summed E-state index contributed by atoms with van der Waals surface area (Å²) in [5.41, 5.74) is 5.84. The number of nitrogens with one attached hydrogen (secondary N) is 1. The predicted molar refractivity (Wildman–Crippen MR) is 72.4 cm³/mol. The van der Waals surface area contributed by atoms with E-state index in [9.17, 15) is 4.79 Å². The zero-order valence-corrected chi connectivity index (χ0v) is 11.1. The molecule has 0 fully saturated rings. The number of carbonyl (C=O) groups excluding carboxylic acids is 1. The zero-order valence-electron chi connectivity index (χ0n) is 11.1. The van der Waals surface area contributed by atoms with Gasteiger partial charge in [-0.1, -0.05) is 32.0 Å². The maximum Gasteiger partial charge on any atom is 0.223 e. The summed E-state index contributed by atoms with van der Waals surface area (Å²) in [4.78, 5) is 11.5. The van der Waals surface area contributed by atoms with Crippen LogP contribution in [0, 0.1) is 5.92 Å². The first kappa shape index (κ1) is 14.5. The Bertz CT molecular complexity index is 352. The summed E-state index contributed by atoms with van der Waals surface area (Å²) in [5.74, 6) is 1.12. The predicted octanol–water partition coefficient (Wildman–Crippen LogP) is 1.55. The second-order valence-electron chi connectivity index (χ2n) is 4.62. The number of ether oxygens (including phenoxy) is 1. The van der Waals surface area contributed by atoms with Crippen molar-refractivity contribution in [2.24, 2.45) is 11.7 Å². The lowest BCUT2D eigenvalue weighted by Crippen LogP contribution is -2.40. The molecule has 0 spiro atoms. The summed E-state index contributed by atoms with van der Waals surface area (Å²) in [6.45, 7) is 4.97. The molecule has 0 aromatic heterocycles. The molecular formula is C14H22N2O2. The highest BCUT2D eigenvalue weighted by molar-refractivity contribution is 5.76. The molecule has 3 N–H and O–H groups in total. The van der Waals surface area contributed by atoms with Gasteiger partial charge in [0, 0.05) is 12.6 Å². The molecule has 100 valence electrons. The zero-order chi connectivity index (χ0) is 13.4. The average Bonchev–Trinajstić information content (AvgIpc) is 2.37. The van der Waals surface area contributed by atoms with Crippen molar-refractivity contribution in [2.75, 3.05) is 13.2 Å². The van der Waals surface area contributed by atoms with Crippen LogP contribution in [-0.4, -0.2) is 25.1 Å². The Morgan fingerprint density at radius 1 is 1.33 bits per heavy atom. The molecule has 0 radical (unpaired) electrons. The molecule has 1 rings (SSSR count). The van der Waals surface area contributed by atoms with Crippen LogP contribution in [0.15, 0.2) is 30.3 Å². The Hall–Kier alpha value is -1.55. The van der Waals surface area contributed by atoms with Gasteiger partial charge in [-0.05, 0) is 18.1 Å². The molecule has 0 saturated heterocycles. The van der Waals surface area contributed by atoms with E-state index < -0.39 is 0 Å². The van der Waals surface area contributed by atoms with E-state index in [0.29, 0.717) is 25.5 Å². The third kappa shape index (κ3) is 5.68. The molecule has 18 heavy (non-hydrogen) atoms. The first-order valence-corrected chi connectivity index (χ1v) is 6.29. The first-order valence-electron chi connectivity index (χ1n) is 6.29. The molecule has 0 aliphatic rings. The molecule has 4 heteroatoms. The van der Waals surface area contributed by atoms with Gasteiger partial charge in [-0.15, -0.1) is 0 Å². The van der Waals surface area contributed by atoms with Crippen LogP contribution in [0.1, 0.15) is 20.3 Å². The molecule has 0 heterocycles. The topological polar surface area (TPSA) is 64.3 Å². The highest BCUT2D eigenvalue weighted by atomic mass is 16.5. The fourth-order valence-electron chi connectivity index (χ4n) is 1.33. The maximum atomic E-state index is 11.5. The van der Waals surface area contributed by atoms with E-state index in [1.165, 1.54) is 0 Å². The van der Waals surface area contributed by atoms with Crippen LogP contribution in [0.25, 0.3) is 0 Å². The van der Waals surface area contributed by atoms with E-state index >= 15 is 0 Å². The average molecular weight is 250 g/mol. The van der Waals surface area contributed by atoms with Crippen molar-refractivity contribution in [3.63, 3.8) is 0 Å². The largest absolute Gasteiger partial charge is 0.493 e. The molecule has 1 unspecified atom stereocenters. The summed E-state index contributed by atoms with van der Waals surface area (Å²) < 4.78 is 5.44. The third-order valence-corrected chi connectivity index (χ3v) is 2.73. The van der Waals surface area contributed by atoms with Crippen LogP contribution in [0.3, 0.4) is 0 Å². The number of hydrogen-bond donors (Lipinski definition) is 2. The van der Waals surface area contributed by atoms with Gasteiger partial charge < -0.3 is 15.8 Å².